The van der Waals surface area contributed by atoms with Gasteiger partial charge in [-0.25, -0.2) is 9.50 Å². The molecule has 3 heterocycles. The van der Waals surface area contributed by atoms with Crippen molar-refractivity contribution in [3.63, 3.8) is 0 Å². The van der Waals surface area contributed by atoms with E-state index in [2.05, 4.69) is 83.8 Å². The lowest BCUT2D eigenvalue weighted by molar-refractivity contribution is 0.415. The third kappa shape index (κ3) is 4.41. The zero-order chi connectivity index (χ0) is 25.6. The lowest BCUT2D eigenvalue weighted by Gasteiger charge is -2.25. The molecule has 1 aromatic carbocycles. The molecule has 6 nitrogen and oxygen atoms in total. The number of hydrogen-bond donors (Lipinski definition) is 0. The number of thioether (sulfide) groups is 1. The molecule has 36 heavy (non-hydrogen) atoms. The Balaban J connectivity index is 1.78. The minimum atomic E-state index is 0.683. The van der Waals surface area contributed by atoms with Crippen molar-refractivity contribution < 1.29 is 4.74 Å². The van der Waals surface area contributed by atoms with Crippen LogP contribution in [0.5, 0.6) is 5.75 Å². The van der Waals surface area contributed by atoms with Crippen LogP contribution in [0.4, 0.5) is 17.3 Å². The maximum absolute atomic E-state index is 5.85. The average Bonchev–Trinajstić information content (AvgIpc) is 3.60. The second-order valence-electron chi connectivity index (χ2n) is 9.98. The molecule has 4 aromatic rings. The van der Waals surface area contributed by atoms with Gasteiger partial charge in [-0.15, -0.1) is 11.8 Å². The second-order valence-corrected chi connectivity index (χ2v) is 10.8. The van der Waals surface area contributed by atoms with Gasteiger partial charge in [-0.05, 0) is 86.7 Å². The third-order valence-corrected chi connectivity index (χ3v) is 7.56. The summed E-state index contributed by atoms with van der Waals surface area (Å²) in [7, 11) is 5.81. The maximum Gasteiger partial charge on any atom is 0.143 e. The van der Waals surface area contributed by atoms with Gasteiger partial charge < -0.3 is 14.5 Å². The van der Waals surface area contributed by atoms with Gasteiger partial charge in [-0.3, -0.25) is 0 Å². The van der Waals surface area contributed by atoms with Crippen LogP contribution in [-0.2, 0) is 0 Å². The molecule has 188 valence electrons. The highest BCUT2D eigenvalue weighted by Crippen LogP contribution is 2.44. The molecule has 0 bridgehead atoms. The van der Waals surface area contributed by atoms with Gasteiger partial charge in [0.25, 0.3) is 0 Å². The first kappa shape index (κ1) is 24.5. The van der Waals surface area contributed by atoms with Gasteiger partial charge in [0.05, 0.1) is 18.3 Å². The Morgan fingerprint density at radius 3 is 2.44 bits per heavy atom. The molecular formula is C29H35N5OS. The first-order chi connectivity index (χ1) is 17.3. The number of rotatable bonds is 8. The summed E-state index contributed by atoms with van der Waals surface area (Å²) in [6.07, 6.45) is 4.64. The Bertz CT molecular complexity index is 1420. The predicted molar refractivity (Wildman–Crippen MR) is 151 cm³/mol. The number of fused-ring (bicyclic) bond motifs is 1. The topological polar surface area (TPSA) is 45.9 Å². The van der Waals surface area contributed by atoms with Gasteiger partial charge >= 0.3 is 0 Å². The summed E-state index contributed by atoms with van der Waals surface area (Å²) in [5.74, 6) is 3.47. The van der Waals surface area contributed by atoms with Crippen LogP contribution in [0.3, 0.4) is 0 Å². The van der Waals surface area contributed by atoms with Crippen molar-refractivity contribution in [2.45, 2.75) is 38.6 Å². The number of aryl methyl sites for hydroxylation is 3. The van der Waals surface area contributed by atoms with Crippen molar-refractivity contribution in [1.82, 2.24) is 14.6 Å². The molecule has 0 amide bonds. The number of anilines is 3. The van der Waals surface area contributed by atoms with E-state index in [1.807, 2.05) is 14.1 Å². The zero-order valence-electron chi connectivity index (χ0n) is 22.3. The lowest BCUT2D eigenvalue weighted by Crippen LogP contribution is -2.22. The minimum Gasteiger partial charge on any atom is -0.496 e. The monoisotopic (exact) mass is 501 g/mol. The summed E-state index contributed by atoms with van der Waals surface area (Å²) >= 11 is 1.69. The first-order valence-corrected chi connectivity index (χ1v) is 13.7. The fourth-order valence-corrected chi connectivity index (χ4v) is 5.49. The van der Waals surface area contributed by atoms with Crippen molar-refractivity contribution in [3.05, 3.63) is 59.2 Å². The predicted octanol–water partition coefficient (Wildman–Crippen LogP) is 6.67. The standard InChI is InChI=1S/C29H35N5OS/c1-18-15-20(3)26(23(16-18)35-6)22-14-11-19(2)27-28(29(36-7)31-34(22)27)33(17-21-12-13-21)25-10-8-9-24(30-25)32(4)5/h8-11,14-16,21H,12-13,17H2,1-7H3. The molecule has 7 heteroatoms. The first-order valence-electron chi connectivity index (χ1n) is 12.5. The van der Waals surface area contributed by atoms with Crippen LogP contribution >= 0.6 is 11.8 Å². The zero-order valence-corrected chi connectivity index (χ0v) is 23.1. The van der Waals surface area contributed by atoms with Gasteiger partial charge in [0.1, 0.15) is 28.1 Å². The summed E-state index contributed by atoms with van der Waals surface area (Å²) < 4.78 is 7.96. The highest BCUT2D eigenvalue weighted by molar-refractivity contribution is 7.98. The van der Waals surface area contributed by atoms with E-state index >= 15 is 0 Å². The number of pyridine rings is 2. The van der Waals surface area contributed by atoms with E-state index in [4.69, 9.17) is 14.8 Å². The molecule has 1 aliphatic rings. The van der Waals surface area contributed by atoms with E-state index in [1.54, 1.807) is 18.9 Å². The van der Waals surface area contributed by atoms with Crippen LogP contribution in [0.2, 0.25) is 0 Å². The molecule has 0 saturated heterocycles. The summed E-state index contributed by atoms with van der Waals surface area (Å²) in [6.45, 7) is 7.36. The Labute approximate surface area is 218 Å². The van der Waals surface area contributed by atoms with E-state index in [9.17, 15) is 0 Å². The molecular weight excluding hydrogens is 466 g/mol. The van der Waals surface area contributed by atoms with E-state index in [1.165, 1.54) is 29.5 Å². The fourth-order valence-electron chi connectivity index (χ4n) is 4.93. The number of aromatic nitrogens is 3. The normalized spacial score (nSPS) is 13.3. The molecule has 0 spiro atoms. The van der Waals surface area contributed by atoms with Gasteiger partial charge in [0.15, 0.2) is 0 Å². The van der Waals surface area contributed by atoms with Crippen molar-refractivity contribution in [1.29, 1.82) is 0 Å². The second kappa shape index (κ2) is 9.69. The van der Waals surface area contributed by atoms with E-state index in [0.29, 0.717) is 5.92 Å². The van der Waals surface area contributed by atoms with Crippen molar-refractivity contribution in [2.75, 3.05) is 43.8 Å². The summed E-state index contributed by atoms with van der Waals surface area (Å²) in [4.78, 5) is 9.49. The smallest absolute Gasteiger partial charge is 0.143 e. The van der Waals surface area contributed by atoms with Gasteiger partial charge in [0, 0.05) is 26.2 Å². The van der Waals surface area contributed by atoms with Crippen LogP contribution in [0.15, 0.2) is 47.5 Å². The maximum atomic E-state index is 5.85. The highest BCUT2D eigenvalue weighted by Gasteiger charge is 2.31. The number of nitrogens with zero attached hydrogens (tertiary/aromatic N) is 5. The molecule has 3 aromatic heterocycles. The Morgan fingerprint density at radius 2 is 1.78 bits per heavy atom. The SMILES string of the molecule is COc1cc(C)cc(C)c1-c1ccc(C)c2c(N(CC3CC3)c3cccc(N(C)C)n3)c(SC)nn12. The van der Waals surface area contributed by atoms with Gasteiger partial charge in [-0.2, -0.15) is 5.10 Å². The van der Waals surface area contributed by atoms with Crippen LogP contribution in [-0.4, -0.2) is 48.6 Å². The van der Waals surface area contributed by atoms with Crippen molar-refractivity contribution in [3.8, 4) is 17.0 Å². The van der Waals surface area contributed by atoms with Crippen LogP contribution in [0.1, 0.15) is 29.5 Å². The largest absolute Gasteiger partial charge is 0.496 e. The van der Waals surface area contributed by atoms with Gasteiger partial charge in [-0.1, -0.05) is 18.2 Å². The number of hydrogen-bond acceptors (Lipinski definition) is 6. The number of ether oxygens (including phenoxy) is 1. The van der Waals surface area contributed by atoms with Crippen molar-refractivity contribution in [2.24, 2.45) is 5.92 Å². The molecule has 1 saturated carbocycles. The van der Waals surface area contributed by atoms with Crippen LogP contribution in [0, 0.1) is 26.7 Å². The van der Waals surface area contributed by atoms with Crippen molar-refractivity contribution >= 4 is 34.6 Å². The molecule has 0 N–H and O–H groups in total. The minimum absolute atomic E-state index is 0.683. The molecule has 1 fully saturated rings. The molecule has 0 atom stereocenters. The highest BCUT2D eigenvalue weighted by atomic mass is 32.2. The molecule has 0 unspecified atom stereocenters. The lowest BCUT2D eigenvalue weighted by atomic mass is 10.00. The average molecular weight is 502 g/mol. The van der Waals surface area contributed by atoms with E-state index in [-0.39, 0.29) is 0 Å². The summed E-state index contributed by atoms with van der Waals surface area (Å²) in [5, 5.41) is 6.19. The molecule has 0 radical (unpaired) electrons. The Hall–Kier alpha value is -3.19. The van der Waals surface area contributed by atoms with Crippen LogP contribution < -0.4 is 14.5 Å². The van der Waals surface area contributed by atoms with E-state index in [0.717, 1.165) is 51.4 Å². The third-order valence-electron chi connectivity index (χ3n) is 6.90. The van der Waals surface area contributed by atoms with Gasteiger partial charge in [0.2, 0.25) is 0 Å². The Morgan fingerprint density at radius 1 is 1.03 bits per heavy atom. The molecule has 5 rings (SSSR count). The summed E-state index contributed by atoms with van der Waals surface area (Å²) in [5.41, 5.74) is 7.93. The number of benzene rings is 1. The van der Waals surface area contributed by atoms with E-state index < -0.39 is 0 Å². The number of methoxy groups -OCH3 is 1. The van der Waals surface area contributed by atoms with Crippen LogP contribution in [0.25, 0.3) is 16.8 Å². The molecule has 0 aliphatic heterocycles. The summed E-state index contributed by atoms with van der Waals surface area (Å²) in [6, 6.07) is 15.0. The fraction of sp³-hybridized carbons (Fsp3) is 0.379. The Kier molecular flexibility index (Phi) is 6.60. The molecule has 1 aliphatic carbocycles. The quantitative estimate of drug-likeness (QED) is 0.251.